The molecule has 0 amide bonds. The van der Waals surface area contributed by atoms with Crippen molar-refractivity contribution in [2.75, 3.05) is 38.0 Å². The summed E-state index contributed by atoms with van der Waals surface area (Å²) < 4.78 is 32.6. The maximum atomic E-state index is 15.1. The molecule has 214 valence electrons. The Bertz CT molecular complexity index is 1590. The van der Waals surface area contributed by atoms with E-state index in [1.807, 2.05) is 24.5 Å². The van der Waals surface area contributed by atoms with Gasteiger partial charge in [0.05, 0.1) is 23.8 Å². The summed E-state index contributed by atoms with van der Waals surface area (Å²) in [6, 6.07) is 3.60. The molecule has 6 rings (SSSR count). The molecule has 0 aliphatic carbocycles. The number of hydrogen-bond donors (Lipinski definition) is 1. The van der Waals surface area contributed by atoms with Crippen LogP contribution in [0.1, 0.15) is 39.7 Å². The van der Waals surface area contributed by atoms with Crippen molar-refractivity contribution < 1.29 is 8.78 Å². The van der Waals surface area contributed by atoms with Crippen LogP contribution in [0.2, 0.25) is 0 Å². The van der Waals surface area contributed by atoms with Crippen LogP contribution in [0.15, 0.2) is 35.5 Å². The number of piperidine rings is 1. The Labute approximate surface area is 252 Å². The van der Waals surface area contributed by atoms with E-state index >= 15 is 4.39 Å². The van der Waals surface area contributed by atoms with Crippen LogP contribution < -0.4 is 5.32 Å². The number of dihydropyridines is 1. The van der Waals surface area contributed by atoms with Gasteiger partial charge in [0.1, 0.15) is 17.0 Å². The van der Waals surface area contributed by atoms with Gasteiger partial charge in [-0.2, -0.15) is 0 Å². The molecular formula is C30H33F2IN8. The number of aromatic nitrogens is 4. The molecule has 2 saturated heterocycles. The van der Waals surface area contributed by atoms with Gasteiger partial charge in [0.25, 0.3) is 0 Å². The molecule has 2 aromatic heterocycles. The Morgan fingerprint density at radius 1 is 1.20 bits per heavy atom. The second-order valence-electron chi connectivity index (χ2n) is 11.6. The molecule has 3 aliphatic heterocycles. The highest BCUT2D eigenvalue weighted by Gasteiger charge is 2.42. The van der Waals surface area contributed by atoms with Gasteiger partial charge in [-0.1, -0.05) is 12.0 Å². The van der Waals surface area contributed by atoms with Crippen molar-refractivity contribution in [2.24, 2.45) is 10.9 Å². The molecule has 5 heterocycles. The van der Waals surface area contributed by atoms with Crippen LogP contribution in [0, 0.1) is 33.7 Å². The van der Waals surface area contributed by atoms with E-state index in [-0.39, 0.29) is 34.7 Å². The van der Waals surface area contributed by atoms with Gasteiger partial charge in [-0.25, -0.2) is 23.7 Å². The first kappa shape index (κ1) is 28.2. The number of fused-ring (bicyclic) bond motifs is 2. The van der Waals surface area contributed by atoms with E-state index in [1.165, 1.54) is 6.07 Å². The lowest BCUT2D eigenvalue weighted by molar-refractivity contribution is 0.0934. The smallest absolute Gasteiger partial charge is 0.229 e. The fourth-order valence-electron chi connectivity index (χ4n) is 6.30. The Morgan fingerprint density at radius 2 is 2.02 bits per heavy atom. The lowest BCUT2D eigenvalue weighted by Gasteiger charge is -2.46. The predicted octanol–water partition coefficient (Wildman–Crippen LogP) is 5.13. The summed E-state index contributed by atoms with van der Waals surface area (Å²) in [7, 11) is 0. The highest BCUT2D eigenvalue weighted by atomic mass is 127. The van der Waals surface area contributed by atoms with Crippen molar-refractivity contribution in [1.82, 2.24) is 29.3 Å². The van der Waals surface area contributed by atoms with E-state index in [9.17, 15) is 4.39 Å². The number of rotatable bonds is 5. The lowest BCUT2D eigenvalue weighted by atomic mass is 9.77. The van der Waals surface area contributed by atoms with Crippen LogP contribution in [-0.2, 0) is 0 Å². The Morgan fingerprint density at radius 3 is 2.80 bits per heavy atom. The summed E-state index contributed by atoms with van der Waals surface area (Å²) in [6.45, 7) is 10.9. The Kier molecular flexibility index (Phi) is 7.59. The van der Waals surface area contributed by atoms with Crippen LogP contribution in [0.5, 0.6) is 0 Å². The van der Waals surface area contributed by atoms with Crippen LogP contribution >= 0.6 is 22.6 Å². The van der Waals surface area contributed by atoms with E-state index in [0.29, 0.717) is 33.3 Å². The summed E-state index contributed by atoms with van der Waals surface area (Å²) in [5.74, 6) is 2.73. The molecule has 0 radical (unpaired) electrons. The SMILES string of the molecule is C#CCN1CCC(N2CCC3(C)N=C(Nc4ncc(F)c(-c5cc(F)c6nc(I)n(C(C)C)c6c5)n4)C=CC3C2)C1. The minimum Gasteiger partial charge on any atom is -0.317 e. The zero-order chi connectivity index (χ0) is 28.9. The molecule has 0 spiro atoms. The molecule has 8 nitrogen and oxygen atoms in total. The number of amidine groups is 1. The normalized spacial score (nSPS) is 25.0. The van der Waals surface area contributed by atoms with Crippen LogP contribution in [0.3, 0.4) is 0 Å². The molecule has 0 bridgehead atoms. The minimum absolute atomic E-state index is 0.0167. The average Bonchev–Trinajstić information content (AvgIpc) is 3.53. The molecule has 3 unspecified atom stereocenters. The van der Waals surface area contributed by atoms with Gasteiger partial charge in [0.15, 0.2) is 15.5 Å². The molecule has 2 fully saturated rings. The quantitative estimate of drug-likeness (QED) is 0.300. The summed E-state index contributed by atoms with van der Waals surface area (Å²) in [4.78, 5) is 22.9. The molecule has 11 heteroatoms. The number of hydrogen-bond acceptors (Lipinski definition) is 7. The van der Waals surface area contributed by atoms with Gasteiger partial charge in [-0.05, 0) is 74.4 Å². The maximum absolute atomic E-state index is 15.1. The van der Waals surface area contributed by atoms with E-state index in [2.05, 4.69) is 71.6 Å². The summed E-state index contributed by atoms with van der Waals surface area (Å²) >= 11 is 2.09. The van der Waals surface area contributed by atoms with Crippen molar-refractivity contribution in [3.8, 4) is 23.6 Å². The Balaban J connectivity index is 1.21. The number of likely N-dealkylation sites (tertiary alicyclic amines) is 2. The van der Waals surface area contributed by atoms with E-state index in [0.717, 1.165) is 45.2 Å². The fraction of sp³-hybridized carbons (Fsp3) is 0.467. The third-order valence-electron chi connectivity index (χ3n) is 8.56. The number of anilines is 1. The van der Waals surface area contributed by atoms with Crippen molar-refractivity contribution in [2.45, 2.75) is 51.2 Å². The number of terminal acetylenes is 1. The maximum Gasteiger partial charge on any atom is 0.229 e. The van der Waals surface area contributed by atoms with Crippen molar-refractivity contribution in [3.05, 3.63) is 45.9 Å². The lowest BCUT2D eigenvalue weighted by Crippen LogP contribution is -2.53. The van der Waals surface area contributed by atoms with Gasteiger partial charge in [-0.3, -0.25) is 14.8 Å². The van der Waals surface area contributed by atoms with Gasteiger partial charge in [-0.15, -0.1) is 6.42 Å². The molecule has 41 heavy (non-hydrogen) atoms. The zero-order valence-electron chi connectivity index (χ0n) is 23.4. The number of benzene rings is 1. The third kappa shape index (κ3) is 5.37. The third-order valence-corrected chi connectivity index (χ3v) is 9.32. The van der Waals surface area contributed by atoms with Crippen LogP contribution in [0.4, 0.5) is 14.7 Å². The van der Waals surface area contributed by atoms with Gasteiger partial charge in [0, 0.05) is 49.7 Å². The first-order chi connectivity index (χ1) is 19.6. The first-order valence-corrected chi connectivity index (χ1v) is 15.1. The van der Waals surface area contributed by atoms with E-state index < -0.39 is 11.6 Å². The average molecular weight is 671 g/mol. The van der Waals surface area contributed by atoms with Gasteiger partial charge in [0.2, 0.25) is 5.95 Å². The van der Waals surface area contributed by atoms with Crippen molar-refractivity contribution >= 4 is 45.4 Å². The van der Waals surface area contributed by atoms with Crippen LogP contribution in [-0.4, -0.2) is 79.5 Å². The van der Waals surface area contributed by atoms with Crippen molar-refractivity contribution in [1.29, 1.82) is 0 Å². The minimum atomic E-state index is -0.632. The van der Waals surface area contributed by atoms with Gasteiger partial charge >= 0.3 is 0 Å². The van der Waals surface area contributed by atoms with Crippen molar-refractivity contribution in [3.63, 3.8) is 0 Å². The van der Waals surface area contributed by atoms with Gasteiger partial charge < -0.3 is 9.88 Å². The summed E-state index contributed by atoms with van der Waals surface area (Å²) in [5.41, 5.74) is 0.937. The molecule has 1 aromatic carbocycles. The second-order valence-corrected chi connectivity index (χ2v) is 12.6. The molecular weight excluding hydrogens is 637 g/mol. The monoisotopic (exact) mass is 670 g/mol. The Hall–Kier alpha value is -2.95. The summed E-state index contributed by atoms with van der Waals surface area (Å²) in [6.07, 6.45) is 12.9. The fourth-order valence-corrected chi connectivity index (χ4v) is 7.36. The summed E-state index contributed by atoms with van der Waals surface area (Å²) in [5, 5.41) is 3.17. The number of aliphatic imine (C=N–C) groups is 1. The standard InChI is InChI=1S/C30H33F2IN8/c1-5-10-39-11-8-21(17-39)40-12-9-30(4)20(16-40)6-7-25(38-30)35-29-34-15-23(32)26(37-29)19-13-22(31)27-24(14-19)41(18(2)3)28(33)36-27/h1,6-7,13-15,18,20-21H,8-12,16-17H2,2-4H3,(H,34,35,37,38). The largest absolute Gasteiger partial charge is 0.317 e. The number of halogens is 3. The number of nitrogens with zero attached hydrogens (tertiary/aromatic N) is 7. The zero-order valence-corrected chi connectivity index (χ0v) is 25.6. The van der Waals surface area contributed by atoms with E-state index in [1.54, 1.807) is 6.07 Å². The highest BCUT2D eigenvalue weighted by Crippen LogP contribution is 2.37. The first-order valence-electron chi connectivity index (χ1n) is 14.0. The van der Waals surface area contributed by atoms with E-state index in [4.69, 9.17) is 11.4 Å². The number of imidazole rings is 1. The highest BCUT2D eigenvalue weighted by molar-refractivity contribution is 14.1. The molecule has 3 atom stereocenters. The van der Waals surface area contributed by atoms with Crippen LogP contribution in [0.25, 0.3) is 22.3 Å². The molecule has 0 saturated carbocycles. The molecule has 3 aromatic rings. The topological polar surface area (TPSA) is 74.5 Å². The molecule has 1 N–H and O–H groups in total. The second kappa shape index (κ2) is 11.0. The molecule has 3 aliphatic rings. The number of nitrogens with one attached hydrogen (secondary N) is 1. The predicted molar refractivity (Wildman–Crippen MR) is 166 cm³/mol.